The summed E-state index contributed by atoms with van der Waals surface area (Å²) in [6, 6.07) is 0.449. The first kappa shape index (κ1) is 18.2. The van der Waals surface area contributed by atoms with Crippen molar-refractivity contribution in [3.8, 4) is 0 Å². The number of hydrogen-bond acceptors (Lipinski definition) is 5. The van der Waals surface area contributed by atoms with Gasteiger partial charge in [-0.15, -0.1) is 0 Å². The van der Waals surface area contributed by atoms with Crippen molar-refractivity contribution in [1.82, 2.24) is 9.97 Å². The van der Waals surface area contributed by atoms with E-state index in [9.17, 15) is 0 Å². The average molecular weight is 359 g/mol. The van der Waals surface area contributed by atoms with Gasteiger partial charge in [0.05, 0.1) is 11.1 Å². The molecule has 0 saturated heterocycles. The molecule has 0 aliphatic rings. The Morgan fingerprint density at radius 3 is 2.62 bits per heavy atom. The lowest BCUT2D eigenvalue weighted by molar-refractivity contribution is 0.202. The standard InChI is InChI=1S/C15H27BrN4O/c1-5-8-17-15-18-11-13(16)14(19-15)20(9-10-21-4)12(6-2)7-3/h11-12H,5-10H2,1-4H3,(H,17,18,19). The lowest BCUT2D eigenvalue weighted by Crippen LogP contribution is -2.38. The van der Waals surface area contributed by atoms with Crippen LogP contribution >= 0.6 is 15.9 Å². The molecule has 1 aromatic rings. The third kappa shape index (κ3) is 5.43. The summed E-state index contributed by atoms with van der Waals surface area (Å²) in [6.07, 6.45) is 5.03. The molecule has 0 fully saturated rings. The number of aromatic nitrogens is 2. The van der Waals surface area contributed by atoms with Crippen LogP contribution in [0.15, 0.2) is 10.7 Å². The van der Waals surface area contributed by atoms with Crippen molar-refractivity contribution in [2.24, 2.45) is 0 Å². The molecule has 6 heteroatoms. The van der Waals surface area contributed by atoms with Crippen molar-refractivity contribution >= 4 is 27.7 Å². The minimum absolute atomic E-state index is 0.449. The summed E-state index contributed by atoms with van der Waals surface area (Å²) in [5.74, 6) is 1.62. The molecule has 5 nitrogen and oxygen atoms in total. The summed E-state index contributed by atoms with van der Waals surface area (Å²) in [4.78, 5) is 11.3. The molecule has 0 amide bonds. The number of anilines is 2. The monoisotopic (exact) mass is 358 g/mol. The molecule has 120 valence electrons. The number of hydrogen-bond donors (Lipinski definition) is 1. The van der Waals surface area contributed by atoms with Crippen molar-refractivity contribution in [2.45, 2.75) is 46.1 Å². The van der Waals surface area contributed by atoms with E-state index in [4.69, 9.17) is 4.74 Å². The Kier molecular flexibility index (Phi) is 8.61. The van der Waals surface area contributed by atoms with Gasteiger partial charge in [0.2, 0.25) is 5.95 Å². The summed E-state index contributed by atoms with van der Waals surface area (Å²) < 4.78 is 6.18. The van der Waals surface area contributed by atoms with Crippen LogP contribution in [0.4, 0.5) is 11.8 Å². The number of nitrogens with one attached hydrogen (secondary N) is 1. The van der Waals surface area contributed by atoms with E-state index in [0.29, 0.717) is 18.6 Å². The number of methoxy groups -OCH3 is 1. The highest BCUT2D eigenvalue weighted by Crippen LogP contribution is 2.27. The third-order valence-electron chi connectivity index (χ3n) is 3.45. The highest BCUT2D eigenvalue weighted by atomic mass is 79.9. The van der Waals surface area contributed by atoms with Crippen LogP contribution in [0, 0.1) is 0 Å². The Labute approximate surface area is 136 Å². The Morgan fingerprint density at radius 2 is 2.05 bits per heavy atom. The van der Waals surface area contributed by atoms with E-state index in [-0.39, 0.29) is 0 Å². The van der Waals surface area contributed by atoms with Crippen LogP contribution in [-0.2, 0) is 4.74 Å². The highest BCUT2D eigenvalue weighted by Gasteiger charge is 2.20. The van der Waals surface area contributed by atoms with Crippen molar-refractivity contribution in [3.05, 3.63) is 10.7 Å². The van der Waals surface area contributed by atoms with E-state index in [1.165, 1.54) is 0 Å². The maximum absolute atomic E-state index is 5.25. The van der Waals surface area contributed by atoms with Crippen LogP contribution in [0.3, 0.4) is 0 Å². The normalized spacial score (nSPS) is 11.0. The molecule has 0 aromatic carbocycles. The van der Waals surface area contributed by atoms with Gasteiger partial charge in [-0.3, -0.25) is 0 Å². The van der Waals surface area contributed by atoms with Crippen molar-refractivity contribution < 1.29 is 4.74 Å². The zero-order chi connectivity index (χ0) is 15.7. The topological polar surface area (TPSA) is 50.3 Å². The van der Waals surface area contributed by atoms with Gasteiger partial charge in [-0.1, -0.05) is 20.8 Å². The maximum Gasteiger partial charge on any atom is 0.224 e. The minimum atomic E-state index is 0.449. The number of halogens is 1. The second-order valence-corrected chi connectivity index (χ2v) is 5.80. The summed E-state index contributed by atoms with van der Waals surface area (Å²) in [7, 11) is 1.73. The Hall–Kier alpha value is -0.880. The van der Waals surface area contributed by atoms with Crippen LogP contribution in [-0.4, -0.2) is 42.8 Å². The van der Waals surface area contributed by atoms with Crippen LogP contribution in [0.5, 0.6) is 0 Å². The predicted octanol–water partition coefficient (Wildman–Crippen LogP) is 3.70. The molecule has 1 aromatic heterocycles. The lowest BCUT2D eigenvalue weighted by atomic mass is 10.1. The van der Waals surface area contributed by atoms with E-state index >= 15 is 0 Å². The molecular weight excluding hydrogens is 332 g/mol. The van der Waals surface area contributed by atoms with Crippen LogP contribution < -0.4 is 10.2 Å². The van der Waals surface area contributed by atoms with Gasteiger partial charge >= 0.3 is 0 Å². The number of rotatable bonds is 10. The van der Waals surface area contributed by atoms with E-state index in [2.05, 4.69) is 56.9 Å². The van der Waals surface area contributed by atoms with E-state index < -0.39 is 0 Å². The molecule has 1 rings (SSSR count). The molecule has 0 spiro atoms. The summed E-state index contributed by atoms with van der Waals surface area (Å²) >= 11 is 3.58. The van der Waals surface area contributed by atoms with E-state index in [1.54, 1.807) is 7.11 Å². The van der Waals surface area contributed by atoms with Crippen LogP contribution in [0.25, 0.3) is 0 Å². The second kappa shape index (κ2) is 9.95. The predicted molar refractivity (Wildman–Crippen MR) is 92.1 cm³/mol. The zero-order valence-electron chi connectivity index (χ0n) is 13.5. The van der Waals surface area contributed by atoms with Gasteiger partial charge in [0.1, 0.15) is 5.82 Å². The molecule has 1 N–H and O–H groups in total. The number of nitrogens with zero attached hydrogens (tertiary/aromatic N) is 3. The summed E-state index contributed by atoms with van der Waals surface area (Å²) in [5, 5.41) is 3.25. The Morgan fingerprint density at radius 1 is 1.33 bits per heavy atom. The molecule has 0 aliphatic heterocycles. The van der Waals surface area contributed by atoms with Crippen molar-refractivity contribution in [2.75, 3.05) is 37.0 Å². The lowest BCUT2D eigenvalue weighted by Gasteiger charge is -2.32. The molecule has 1 heterocycles. The third-order valence-corrected chi connectivity index (χ3v) is 4.01. The SMILES string of the molecule is CCCNc1ncc(Br)c(N(CCOC)C(CC)CC)n1. The summed E-state index contributed by atoms with van der Waals surface area (Å²) in [5.41, 5.74) is 0. The first-order valence-electron chi connectivity index (χ1n) is 7.69. The van der Waals surface area contributed by atoms with Gasteiger partial charge in [-0.2, -0.15) is 4.98 Å². The fourth-order valence-electron chi connectivity index (χ4n) is 2.26. The molecular formula is C15H27BrN4O. The molecule has 0 atom stereocenters. The molecule has 0 saturated carbocycles. The van der Waals surface area contributed by atoms with Gasteiger partial charge in [0.25, 0.3) is 0 Å². The van der Waals surface area contributed by atoms with Crippen molar-refractivity contribution in [1.29, 1.82) is 0 Å². The average Bonchev–Trinajstić information content (AvgIpc) is 2.51. The van der Waals surface area contributed by atoms with Gasteiger partial charge < -0.3 is 15.0 Å². The van der Waals surface area contributed by atoms with Gasteiger partial charge in [-0.25, -0.2) is 4.98 Å². The molecule has 0 unspecified atom stereocenters. The quantitative estimate of drug-likeness (QED) is 0.690. The fourth-order valence-corrected chi connectivity index (χ4v) is 2.68. The van der Waals surface area contributed by atoms with E-state index in [1.807, 2.05) is 6.20 Å². The largest absolute Gasteiger partial charge is 0.383 e. The number of ether oxygens (including phenoxy) is 1. The molecule has 0 bridgehead atoms. The molecule has 21 heavy (non-hydrogen) atoms. The molecule has 0 aliphatic carbocycles. The Balaban J connectivity index is 3.03. The summed E-state index contributed by atoms with van der Waals surface area (Å²) in [6.45, 7) is 8.93. The second-order valence-electron chi connectivity index (χ2n) is 4.95. The maximum atomic E-state index is 5.25. The first-order valence-corrected chi connectivity index (χ1v) is 8.49. The van der Waals surface area contributed by atoms with Crippen LogP contribution in [0.2, 0.25) is 0 Å². The van der Waals surface area contributed by atoms with Crippen LogP contribution in [0.1, 0.15) is 40.0 Å². The highest BCUT2D eigenvalue weighted by molar-refractivity contribution is 9.10. The fraction of sp³-hybridized carbons (Fsp3) is 0.733. The smallest absolute Gasteiger partial charge is 0.224 e. The minimum Gasteiger partial charge on any atom is -0.383 e. The Bertz CT molecular complexity index is 413. The van der Waals surface area contributed by atoms with Gasteiger partial charge in [0, 0.05) is 32.4 Å². The van der Waals surface area contributed by atoms with Gasteiger partial charge in [-0.05, 0) is 35.2 Å². The van der Waals surface area contributed by atoms with E-state index in [0.717, 1.165) is 42.6 Å². The van der Waals surface area contributed by atoms with Gasteiger partial charge in [0.15, 0.2) is 0 Å². The van der Waals surface area contributed by atoms with Crippen molar-refractivity contribution in [3.63, 3.8) is 0 Å². The molecule has 0 radical (unpaired) electrons. The first-order chi connectivity index (χ1) is 10.2. The zero-order valence-corrected chi connectivity index (χ0v) is 15.1.